The molecule has 78 valence electrons. The monoisotopic (exact) mass is 202 g/mol. The summed E-state index contributed by atoms with van der Waals surface area (Å²) in [7, 11) is 3.47. The summed E-state index contributed by atoms with van der Waals surface area (Å²) in [5.74, 6) is -0.256. The Bertz CT molecular complexity index is 423. The fraction of sp³-hybridized carbons (Fsp3) is 0.333. The number of fused-ring (bicyclic) bond motifs is 1. The molecule has 1 aromatic rings. The quantitative estimate of drug-likeness (QED) is 0.733. The number of carbonyl (C=O) groups is 1. The van der Waals surface area contributed by atoms with Gasteiger partial charge in [-0.1, -0.05) is 24.3 Å². The Morgan fingerprint density at radius 2 is 2.07 bits per heavy atom. The topological polar surface area (TPSA) is 44.2 Å². The van der Waals surface area contributed by atoms with Crippen LogP contribution in [-0.2, 0) is 11.2 Å². The molecule has 1 aromatic carbocycles. The van der Waals surface area contributed by atoms with Crippen LogP contribution in [0.3, 0.4) is 0 Å². The molecule has 1 aliphatic carbocycles. The fourth-order valence-electron chi connectivity index (χ4n) is 1.99. The Morgan fingerprint density at radius 3 is 2.67 bits per heavy atom. The van der Waals surface area contributed by atoms with Crippen LogP contribution in [0.4, 0.5) is 0 Å². The largest absolute Gasteiger partial charge is 0.348 e. The first kappa shape index (κ1) is 9.90. The van der Waals surface area contributed by atoms with E-state index in [0.717, 1.165) is 11.1 Å². The van der Waals surface area contributed by atoms with E-state index in [1.165, 1.54) is 0 Å². The number of nitrogens with zero attached hydrogens (tertiary/aromatic N) is 1. The second kappa shape index (κ2) is 3.50. The van der Waals surface area contributed by atoms with E-state index in [4.69, 9.17) is 5.41 Å². The van der Waals surface area contributed by atoms with Gasteiger partial charge in [-0.15, -0.1) is 0 Å². The SMILES string of the molecule is CN(C)C(=O)C1Cc2ccccc2C1=N. The Labute approximate surface area is 89.2 Å². The molecule has 3 heteroatoms. The van der Waals surface area contributed by atoms with Gasteiger partial charge in [0.2, 0.25) is 5.91 Å². The molecule has 1 atom stereocenters. The van der Waals surface area contributed by atoms with Crippen LogP contribution in [0.2, 0.25) is 0 Å². The van der Waals surface area contributed by atoms with Crippen LogP contribution in [0.25, 0.3) is 0 Å². The van der Waals surface area contributed by atoms with Crippen molar-refractivity contribution in [2.45, 2.75) is 6.42 Å². The summed E-state index contributed by atoms with van der Waals surface area (Å²) in [4.78, 5) is 13.4. The lowest BCUT2D eigenvalue weighted by Gasteiger charge is -2.15. The van der Waals surface area contributed by atoms with Gasteiger partial charge in [0.15, 0.2) is 0 Å². The smallest absolute Gasteiger partial charge is 0.231 e. The molecular formula is C12H14N2O. The van der Waals surface area contributed by atoms with Gasteiger partial charge in [0.05, 0.1) is 11.6 Å². The van der Waals surface area contributed by atoms with Gasteiger partial charge in [-0.3, -0.25) is 4.79 Å². The maximum Gasteiger partial charge on any atom is 0.231 e. The zero-order valence-electron chi connectivity index (χ0n) is 8.95. The molecule has 1 aliphatic rings. The van der Waals surface area contributed by atoms with Crippen molar-refractivity contribution in [3.05, 3.63) is 35.4 Å². The summed E-state index contributed by atoms with van der Waals surface area (Å²) >= 11 is 0. The van der Waals surface area contributed by atoms with Gasteiger partial charge in [0.25, 0.3) is 0 Å². The molecule has 3 nitrogen and oxygen atoms in total. The Morgan fingerprint density at radius 1 is 1.40 bits per heavy atom. The second-order valence-electron chi connectivity index (χ2n) is 4.06. The standard InChI is InChI=1S/C12H14N2O/c1-14(2)12(15)10-7-8-5-3-4-6-9(8)11(10)13/h3-6,10,13H,7H2,1-2H3. The zero-order chi connectivity index (χ0) is 11.0. The molecule has 0 radical (unpaired) electrons. The molecule has 0 aliphatic heterocycles. The van der Waals surface area contributed by atoms with E-state index in [1.807, 2.05) is 24.3 Å². The third-order valence-corrected chi connectivity index (χ3v) is 2.82. The number of hydrogen-bond donors (Lipinski definition) is 1. The third-order valence-electron chi connectivity index (χ3n) is 2.82. The first-order valence-electron chi connectivity index (χ1n) is 4.99. The van der Waals surface area contributed by atoms with Gasteiger partial charge in [0, 0.05) is 14.1 Å². The third kappa shape index (κ3) is 1.54. The van der Waals surface area contributed by atoms with Gasteiger partial charge >= 0.3 is 0 Å². The predicted octanol–water partition coefficient (Wildman–Crippen LogP) is 1.31. The van der Waals surface area contributed by atoms with Crippen LogP contribution in [0.15, 0.2) is 24.3 Å². The highest BCUT2D eigenvalue weighted by Gasteiger charge is 2.33. The average molecular weight is 202 g/mol. The maximum absolute atomic E-state index is 11.8. The molecule has 1 unspecified atom stereocenters. The lowest BCUT2D eigenvalue weighted by molar-refractivity contribution is -0.130. The molecule has 0 fully saturated rings. The predicted molar refractivity (Wildman–Crippen MR) is 59.2 cm³/mol. The number of carbonyl (C=O) groups excluding carboxylic acids is 1. The van der Waals surface area contributed by atoms with Crippen LogP contribution < -0.4 is 0 Å². The van der Waals surface area contributed by atoms with Gasteiger partial charge < -0.3 is 10.3 Å². The zero-order valence-corrected chi connectivity index (χ0v) is 8.95. The minimum absolute atomic E-state index is 0.0243. The molecule has 15 heavy (non-hydrogen) atoms. The molecule has 1 N–H and O–H groups in total. The van der Waals surface area contributed by atoms with Crippen molar-refractivity contribution in [1.29, 1.82) is 5.41 Å². The van der Waals surface area contributed by atoms with E-state index in [9.17, 15) is 4.79 Å². The van der Waals surface area contributed by atoms with E-state index in [1.54, 1.807) is 19.0 Å². The second-order valence-corrected chi connectivity index (χ2v) is 4.06. The number of hydrogen-bond acceptors (Lipinski definition) is 2. The van der Waals surface area contributed by atoms with Crippen molar-refractivity contribution in [2.75, 3.05) is 14.1 Å². The summed E-state index contributed by atoms with van der Waals surface area (Å²) in [5, 5.41) is 7.96. The van der Waals surface area contributed by atoms with Crippen LogP contribution in [0.5, 0.6) is 0 Å². The lowest BCUT2D eigenvalue weighted by atomic mass is 10.0. The molecule has 0 bridgehead atoms. The van der Waals surface area contributed by atoms with E-state index in [0.29, 0.717) is 12.1 Å². The van der Waals surface area contributed by atoms with E-state index in [2.05, 4.69) is 0 Å². The van der Waals surface area contributed by atoms with Crippen LogP contribution in [0.1, 0.15) is 11.1 Å². The minimum atomic E-state index is -0.280. The first-order valence-corrected chi connectivity index (χ1v) is 4.99. The van der Waals surface area contributed by atoms with Crippen molar-refractivity contribution in [3.8, 4) is 0 Å². The Hall–Kier alpha value is -1.64. The maximum atomic E-state index is 11.8. The van der Waals surface area contributed by atoms with Crippen molar-refractivity contribution >= 4 is 11.6 Å². The summed E-state index contributed by atoms with van der Waals surface area (Å²) in [6.07, 6.45) is 0.673. The Kier molecular flexibility index (Phi) is 2.31. The van der Waals surface area contributed by atoms with E-state index < -0.39 is 0 Å². The fourth-order valence-corrected chi connectivity index (χ4v) is 1.99. The molecular weight excluding hydrogens is 188 g/mol. The number of amides is 1. The number of rotatable bonds is 1. The summed E-state index contributed by atoms with van der Waals surface area (Å²) < 4.78 is 0. The van der Waals surface area contributed by atoms with Crippen LogP contribution in [-0.4, -0.2) is 30.6 Å². The minimum Gasteiger partial charge on any atom is -0.348 e. The van der Waals surface area contributed by atoms with Crippen LogP contribution >= 0.6 is 0 Å². The van der Waals surface area contributed by atoms with Gasteiger partial charge in [-0.25, -0.2) is 0 Å². The molecule has 0 aromatic heterocycles. The molecule has 0 spiro atoms. The summed E-state index contributed by atoms with van der Waals surface area (Å²) in [6, 6.07) is 7.78. The van der Waals surface area contributed by atoms with E-state index >= 15 is 0 Å². The molecule has 0 saturated carbocycles. The van der Waals surface area contributed by atoms with Gasteiger partial charge in [-0.05, 0) is 17.5 Å². The number of nitrogens with one attached hydrogen (secondary N) is 1. The van der Waals surface area contributed by atoms with Gasteiger partial charge in [0.1, 0.15) is 0 Å². The molecule has 0 saturated heterocycles. The summed E-state index contributed by atoms with van der Waals surface area (Å²) in [6.45, 7) is 0. The van der Waals surface area contributed by atoms with Gasteiger partial charge in [-0.2, -0.15) is 0 Å². The van der Waals surface area contributed by atoms with Crippen molar-refractivity contribution < 1.29 is 4.79 Å². The highest BCUT2D eigenvalue weighted by molar-refractivity contribution is 6.14. The van der Waals surface area contributed by atoms with Crippen LogP contribution in [0, 0.1) is 11.3 Å². The average Bonchev–Trinajstić information content (AvgIpc) is 2.56. The van der Waals surface area contributed by atoms with Crippen molar-refractivity contribution in [2.24, 2.45) is 5.92 Å². The lowest BCUT2D eigenvalue weighted by Crippen LogP contribution is -2.32. The molecule has 0 heterocycles. The normalized spacial score (nSPS) is 18.8. The van der Waals surface area contributed by atoms with Crippen molar-refractivity contribution in [1.82, 2.24) is 4.90 Å². The highest BCUT2D eigenvalue weighted by atomic mass is 16.2. The Balaban J connectivity index is 2.31. The molecule has 2 rings (SSSR count). The van der Waals surface area contributed by atoms with E-state index in [-0.39, 0.29) is 11.8 Å². The highest BCUT2D eigenvalue weighted by Crippen LogP contribution is 2.27. The van der Waals surface area contributed by atoms with Crippen molar-refractivity contribution in [3.63, 3.8) is 0 Å². The molecule has 1 amide bonds. The first-order chi connectivity index (χ1) is 7.11. The number of benzene rings is 1. The summed E-state index contributed by atoms with van der Waals surface area (Å²) in [5.41, 5.74) is 2.50.